The summed E-state index contributed by atoms with van der Waals surface area (Å²) >= 11 is 0. The van der Waals surface area contributed by atoms with E-state index in [1.54, 1.807) is 0 Å². The van der Waals surface area contributed by atoms with Crippen LogP contribution in [-0.2, 0) is 5.41 Å². The van der Waals surface area contributed by atoms with Crippen LogP contribution in [0.4, 0.5) is 0 Å². The standard InChI is InChI=1S/C59H46N2/c1-3-13-49(14-4-1)59(50-15-5-2-6-16-50)53-39-43(21-19-41-23-29-47(30-24-41)57-37-33-45-11-7-9-17-55(45)60-57)27-35-51(53)52-36-28-44(40-54(52)59)22-20-42-25-31-48(32-26-42)58-38-34-46-12-8-10-18-56(46)61-58/h1-15,17-25,28-31,33-34,36-40,50H,16,26-27,32,35H2/b21-19+,22-20+. The lowest BCUT2D eigenvalue weighted by Crippen LogP contribution is -2.36. The second kappa shape index (κ2) is 15.8. The summed E-state index contributed by atoms with van der Waals surface area (Å²) in [4.78, 5) is 9.89. The Kier molecular flexibility index (Phi) is 9.55. The molecule has 2 atom stereocenters. The summed E-state index contributed by atoms with van der Waals surface area (Å²) in [6.45, 7) is 0. The minimum atomic E-state index is -0.306. The maximum absolute atomic E-state index is 4.97. The van der Waals surface area contributed by atoms with Crippen molar-refractivity contribution >= 4 is 45.1 Å². The average molecular weight is 783 g/mol. The van der Waals surface area contributed by atoms with Crippen molar-refractivity contribution < 1.29 is 0 Å². The third-order valence-electron chi connectivity index (χ3n) is 13.2. The smallest absolute Gasteiger partial charge is 0.0709 e. The Morgan fingerprint density at radius 1 is 0.541 bits per heavy atom. The molecule has 2 heterocycles. The van der Waals surface area contributed by atoms with Crippen molar-refractivity contribution in [3.8, 4) is 11.3 Å². The van der Waals surface area contributed by atoms with Crippen LogP contribution in [0.1, 0.15) is 65.6 Å². The van der Waals surface area contributed by atoms with Gasteiger partial charge in [-0.3, -0.25) is 0 Å². The van der Waals surface area contributed by atoms with Gasteiger partial charge in [-0.15, -0.1) is 0 Å². The molecule has 2 aromatic heterocycles. The number of para-hydroxylation sites is 2. The molecule has 4 aliphatic rings. The van der Waals surface area contributed by atoms with Gasteiger partial charge in [-0.2, -0.15) is 0 Å². The van der Waals surface area contributed by atoms with E-state index in [4.69, 9.17) is 9.97 Å². The zero-order valence-electron chi connectivity index (χ0n) is 34.2. The third kappa shape index (κ3) is 6.89. The number of rotatable bonds is 8. The van der Waals surface area contributed by atoms with E-state index in [1.165, 1.54) is 61.1 Å². The average Bonchev–Trinajstić information content (AvgIpc) is 3.63. The molecule has 0 bridgehead atoms. The maximum Gasteiger partial charge on any atom is 0.0709 e. The monoisotopic (exact) mass is 782 g/mol. The molecule has 0 amide bonds. The summed E-state index contributed by atoms with van der Waals surface area (Å²) in [6, 6.07) is 52.7. The van der Waals surface area contributed by atoms with Crippen molar-refractivity contribution in [2.45, 2.75) is 37.5 Å². The quantitative estimate of drug-likeness (QED) is 0.153. The molecule has 61 heavy (non-hydrogen) atoms. The van der Waals surface area contributed by atoms with Crippen molar-refractivity contribution in [3.63, 3.8) is 0 Å². The molecule has 0 spiro atoms. The number of benzene rings is 5. The van der Waals surface area contributed by atoms with Gasteiger partial charge >= 0.3 is 0 Å². The molecule has 0 N–H and O–H groups in total. The Labute approximate surface area is 358 Å². The van der Waals surface area contributed by atoms with E-state index in [0.717, 1.165) is 65.5 Å². The molecular weight excluding hydrogens is 737 g/mol. The van der Waals surface area contributed by atoms with Crippen LogP contribution in [-0.4, -0.2) is 9.97 Å². The summed E-state index contributed by atoms with van der Waals surface area (Å²) < 4.78 is 0. The van der Waals surface area contributed by atoms with E-state index in [0.29, 0.717) is 0 Å². The fourth-order valence-electron chi connectivity index (χ4n) is 10.1. The van der Waals surface area contributed by atoms with E-state index >= 15 is 0 Å². The highest BCUT2D eigenvalue weighted by Gasteiger charge is 2.50. The molecule has 7 aromatic rings. The van der Waals surface area contributed by atoms with E-state index in [1.807, 2.05) is 6.07 Å². The molecule has 292 valence electrons. The Balaban J connectivity index is 0.915. The highest BCUT2D eigenvalue weighted by atomic mass is 14.7. The van der Waals surface area contributed by atoms with Crippen LogP contribution in [0.2, 0.25) is 0 Å². The van der Waals surface area contributed by atoms with Gasteiger partial charge in [0.1, 0.15) is 0 Å². The Bertz CT molecular complexity index is 3090. The van der Waals surface area contributed by atoms with Gasteiger partial charge in [-0.25, -0.2) is 9.97 Å². The zero-order valence-corrected chi connectivity index (χ0v) is 34.2. The first-order chi connectivity index (χ1) is 30.2. The van der Waals surface area contributed by atoms with Crippen LogP contribution < -0.4 is 0 Å². The van der Waals surface area contributed by atoms with Gasteiger partial charge in [0.15, 0.2) is 0 Å². The van der Waals surface area contributed by atoms with Crippen LogP contribution in [0, 0.1) is 5.92 Å². The lowest BCUT2D eigenvalue weighted by molar-refractivity contribution is 0.453. The Hall–Kier alpha value is -7.16. The van der Waals surface area contributed by atoms with Gasteiger partial charge in [0, 0.05) is 16.3 Å². The number of aromatic nitrogens is 2. The molecule has 0 saturated heterocycles. The summed E-state index contributed by atoms with van der Waals surface area (Å²) in [7, 11) is 0. The fraction of sp³-hybridized carbons (Fsp3) is 0.119. The molecule has 2 nitrogen and oxygen atoms in total. The molecule has 2 heteroatoms. The van der Waals surface area contributed by atoms with E-state index in [9.17, 15) is 0 Å². The van der Waals surface area contributed by atoms with Gasteiger partial charge in [0.05, 0.1) is 27.8 Å². The number of fused-ring (bicyclic) bond motifs is 4. The third-order valence-corrected chi connectivity index (χ3v) is 13.2. The largest absolute Gasteiger partial charge is 0.248 e. The molecular formula is C59H46N2. The Morgan fingerprint density at radius 2 is 1.23 bits per heavy atom. The minimum absolute atomic E-state index is 0.287. The van der Waals surface area contributed by atoms with Crippen molar-refractivity contribution in [2.75, 3.05) is 0 Å². The highest BCUT2D eigenvalue weighted by Crippen LogP contribution is 2.59. The molecule has 4 aliphatic carbocycles. The van der Waals surface area contributed by atoms with Crippen molar-refractivity contribution in [3.05, 3.63) is 251 Å². The van der Waals surface area contributed by atoms with Crippen LogP contribution in [0.25, 0.3) is 56.4 Å². The molecule has 11 rings (SSSR count). The van der Waals surface area contributed by atoms with Gasteiger partial charge in [-0.1, -0.05) is 182 Å². The number of pyridine rings is 2. The van der Waals surface area contributed by atoms with Gasteiger partial charge in [0.25, 0.3) is 0 Å². The lowest BCUT2D eigenvalue weighted by Gasteiger charge is -2.41. The van der Waals surface area contributed by atoms with Gasteiger partial charge in [0.2, 0.25) is 0 Å². The van der Waals surface area contributed by atoms with Gasteiger partial charge in [-0.05, 0) is 124 Å². The number of hydrogen-bond acceptors (Lipinski definition) is 2. The predicted molar refractivity (Wildman–Crippen MR) is 257 cm³/mol. The first kappa shape index (κ1) is 36.9. The normalized spacial score (nSPS) is 19.7. The minimum Gasteiger partial charge on any atom is -0.248 e. The number of nitrogens with zero attached hydrogens (tertiary/aromatic N) is 2. The Morgan fingerprint density at radius 3 is 1.98 bits per heavy atom. The van der Waals surface area contributed by atoms with E-state index < -0.39 is 0 Å². The van der Waals surface area contributed by atoms with Crippen LogP contribution in [0.15, 0.2) is 217 Å². The second-order valence-electron chi connectivity index (χ2n) is 16.7. The van der Waals surface area contributed by atoms with E-state index in [2.05, 4.69) is 206 Å². The molecule has 0 fully saturated rings. The summed E-state index contributed by atoms with van der Waals surface area (Å²) in [6.07, 6.45) is 30.7. The zero-order chi connectivity index (χ0) is 40.6. The van der Waals surface area contributed by atoms with Crippen LogP contribution >= 0.6 is 0 Å². The molecule has 0 saturated carbocycles. The predicted octanol–water partition coefficient (Wildman–Crippen LogP) is 14.9. The van der Waals surface area contributed by atoms with Crippen molar-refractivity contribution in [1.29, 1.82) is 0 Å². The van der Waals surface area contributed by atoms with Crippen molar-refractivity contribution in [1.82, 2.24) is 9.97 Å². The summed E-state index contributed by atoms with van der Waals surface area (Å²) in [5.41, 5.74) is 18.6. The van der Waals surface area contributed by atoms with Gasteiger partial charge < -0.3 is 0 Å². The van der Waals surface area contributed by atoms with Crippen molar-refractivity contribution in [2.24, 2.45) is 5.92 Å². The van der Waals surface area contributed by atoms with Crippen LogP contribution in [0.5, 0.6) is 0 Å². The molecule has 2 unspecified atom stereocenters. The summed E-state index contributed by atoms with van der Waals surface area (Å²) in [5.74, 6) is 0.287. The number of hydrogen-bond donors (Lipinski definition) is 0. The number of allylic oxidation sites excluding steroid dienone is 14. The topological polar surface area (TPSA) is 25.8 Å². The molecule has 0 aliphatic heterocycles. The fourth-order valence-corrected chi connectivity index (χ4v) is 10.1. The molecule has 0 radical (unpaired) electrons. The summed E-state index contributed by atoms with van der Waals surface area (Å²) in [5, 5.41) is 2.34. The first-order valence-electron chi connectivity index (χ1n) is 21.8. The lowest BCUT2D eigenvalue weighted by atomic mass is 9.61. The molecule has 5 aromatic carbocycles. The maximum atomic E-state index is 4.97. The van der Waals surface area contributed by atoms with E-state index in [-0.39, 0.29) is 11.3 Å². The first-order valence-corrected chi connectivity index (χ1v) is 21.8. The SMILES string of the molecule is C1=CCC(C2(c3ccccc3)C3=C(CCC(/C=C/c4ccc(-c5ccc6ccccc6n5)cc4)=C3)c3ccc(/C=C/C4=CC=C(c5ccc6ccccc6n5)CC4)cc32)C=C1. The highest BCUT2D eigenvalue weighted by molar-refractivity contribution is 5.88. The second-order valence-corrected chi connectivity index (χ2v) is 16.7. The van der Waals surface area contributed by atoms with Crippen LogP contribution in [0.3, 0.4) is 0 Å².